The van der Waals surface area contributed by atoms with Gasteiger partial charge in [-0.05, 0) is 30.5 Å². The van der Waals surface area contributed by atoms with Crippen LogP contribution in [0.3, 0.4) is 0 Å². The SMILES string of the molecule is COc1ccc(CNC(=O)CNC(=O)C2(CN)CCOCC2)cc1.Cl. The normalized spacial score (nSPS) is 15.6. The minimum atomic E-state index is -0.617. The Labute approximate surface area is 154 Å². The smallest absolute Gasteiger partial charge is 0.239 e. The Morgan fingerprint density at radius 3 is 2.40 bits per heavy atom. The molecule has 2 rings (SSSR count). The third kappa shape index (κ3) is 5.88. The number of methoxy groups -OCH3 is 1. The standard InChI is InChI=1S/C17H25N3O4.ClH/c1-23-14-4-2-13(3-5-14)10-19-15(21)11-20-16(22)17(12-18)6-8-24-9-7-17;/h2-5H,6-12,18H2,1H3,(H,19,21)(H,20,22);1H. The molecule has 4 N–H and O–H groups in total. The zero-order valence-corrected chi connectivity index (χ0v) is 15.2. The Balaban J connectivity index is 0.00000312. The van der Waals surface area contributed by atoms with Crippen molar-refractivity contribution in [3.63, 3.8) is 0 Å². The quantitative estimate of drug-likeness (QED) is 0.651. The lowest BCUT2D eigenvalue weighted by molar-refractivity contribution is -0.137. The molecule has 140 valence electrons. The maximum atomic E-state index is 12.4. The van der Waals surface area contributed by atoms with E-state index >= 15 is 0 Å². The molecule has 1 saturated heterocycles. The summed E-state index contributed by atoms with van der Waals surface area (Å²) in [6.45, 7) is 1.64. The van der Waals surface area contributed by atoms with Crippen molar-refractivity contribution in [2.24, 2.45) is 11.1 Å². The van der Waals surface area contributed by atoms with Crippen LogP contribution in [0.15, 0.2) is 24.3 Å². The predicted molar refractivity (Wildman–Crippen MR) is 96.6 cm³/mol. The summed E-state index contributed by atoms with van der Waals surface area (Å²) in [6, 6.07) is 7.42. The number of nitrogens with one attached hydrogen (secondary N) is 2. The van der Waals surface area contributed by atoms with Gasteiger partial charge in [-0.3, -0.25) is 9.59 Å². The van der Waals surface area contributed by atoms with E-state index in [1.165, 1.54) is 0 Å². The number of hydrogen-bond donors (Lipinski definition) is 3. The second kappa shape index (κ2) is 10.2. The summed E-state index contributed by atoms with van der Waals surface area (Å²) in [5.41, 5.74) is 6.12. The number of rotatable bonds is 7. The molecule has 25 heavy (non-hydrogen) atoms. The fraction of sp³-hybridized carbons (Fsp3) is 0.529. The third-order valence-electron chi connectivity index (χ3n) is 4.38. The van der Waals surface area contributed by atoms with Gasteiger partial charge < -0.3 is 25.8 Å². The highest BCUT2D eigenvalue weighted by Crippen LogP contribution is 2.29. The number of nitrogens with two attached hydrogens (primary N) is 1. The average molecular weight is 372 g/mol. The average Bonchev–Trinajstić information content (AvgIpc) is 2.65. The first-order valence-corrected chi connectivity index (χ1v) is 8.05. The largest absolute Gasteiger partial charge is 0.497 e. The zero-order valence-electron chi connectivity index (χ0n) is 14.4. The fourth-order valence-corrected chi connectivity index (χ4v) is 2.64. The Morgan fingerprint density at radius 2 is 1.84 bits per heavy atom. The summed E-state index contributed by atoms with van der Waals surface area (Å²) in [6.07, 6.45) is 1.17. The topological polar surface area (TPSA) is 103 Å². The maximum absolute atomic E-state index is 12.4. The Hall–Kier alpha value is -1.83. The van der Waals surface area contributed by atoms with Gasteiger partial charge in [-0.25, -0.2) is 0 Å². The second-order valence-corrected chi connectivity index (χ2v) is 5.90. The number of ether oxygens (including phenoxy) is 2. The molecule has 2 amide bonds. The van der Waals surface area contributed by atoms with Gasteiger partial charge in [0.1, 0.15) is 5.75 Å². The summed E-state index contributed by atoms with van der Waals surface area (Å²) in [4.78, 5) is 24.3. The van der Waals surface area contributed by atoms with Crippen LogP contribution in [0.4, 0.5) is 0 Å². The molecule has 1 aromatic carbocycles. The Bertz CT molecular complexity index is 560. The highest BCUT2D eigenvalue weighted by atomic mass is 35.5. The van der Waals surface area contributed by atoms with Crippen LogP contribution in [0, 0.1) is 5.41 Å². The van der Waals surface area contributed by atoms with Gasteiger partial charge in [0.05, 0.1) is 19.1 Å². The summed E-state index contributed by atoms with van der Waals surface area (Å²) in [5.74, 6) is 0.354. The van der Waals surface area contributed by atoms with Crippen LogP contribution in [-0.4, -0.2) is 45.2 Å². The maximum Gasteiger partial charge on any atom is 0.239 e. The van der Waals surface area contributed by atoms with E-state index in [2.05, 4.69) is 10.6 Å². The van der Waals surface area contributed by atoms with E-state index in [0.29, 0.717) is 32.6 Å². The van der Waals surface area contributed by atoms with E-state index in [1.807, 2.05) is 24.3 Å². The van der Waals surface area contributed by atoms with Gasteiger partial charge in [-0.2, -0.15) is 0 Å². The number of halogens is 1. The number of benzene rings is 1. The molecule has 0 spiro atoms. The molecule has 0 aromatic heterocycles. The van der Waals surface area contributed by atoms with Crippen LogP contribution in [-0.2, 0) is 20.9 Å². The van der Waals surface area contributed by atoms with Crippen LogP contribution in [0.1, 0.15) is 18.4 Å². The van der Waals surface area contributed by atoms with Gasteiger partial charge in [0.25, 0.3) is 0 Å². The van der Waals surface area contributed by atoms with Crippen LogP contribution >= 0.6 is 12.4 Å². The van der Waals surface area contributed by atoms with E-state index in [-0.39, 0.29) is 37.3 Å². The summed E-state index contributed by atoms with van der Waals surface area (Å²) in [7, 11) is 1.60. The highest BCUT2D eigenvalue weighted by Gasteiger charge is 2.38. The molecular weight excluding hydrogens is 346 g/mol. The lowest BCUT2D eigenvalue weighted by atomic mass is 9.79. The van der Waals surface area contributed by atoms with Gasteiger partial charge in [-0.15, -0.1) is 12.4 Å². The van der Waals surface area contributed by atoms with Crippen LogP contribution < -0.4 is 21.1 Å². The highest BCUT2D eigenvalue weighted by molar-refractivity contribution is 5.88. The first-order valence-electron chi connectivity index (χ1n) is 8.05. The number of hydrogen-bond acceptors (Lipinski definition) is 5. The van der Waals surface area contributed by atoms with E-state index < -0.39 is 5.41 Å². The molecule has 0 atom stereocenters. The van der Waals surface area contributed by atoms with E-state index in [4.69, 9.17) is 15.2 Å². The first-order chi connectivity index (χ1) is 11.6. The minimum Gasteiger partial charge on any atom is -0.497 e. The van der Waals surface area contributed by atoms with Crippen LogP contribution in [0.25, 0.3) is 0 Å². The second-order valence-electron chi connectivity index (χ2n) is 5.90. The van der Waals surface area contributed by atoms with Gasteiger partial charge in [0.15, 0.2) is 0 Å². The fourth-order valence-electron chi connectivity index (χ4n) is 2.64. The van der Waals surface area contributed by atoms with Crippen LogP contribution in [0.2, 0.25) is 0 Å². The van der Waals surface area contributed by atoms with Gasteiger partial charge >= 0.3 is 0 Å². The van der Waals surface area contributed by atoms with Gasteiger partial charge in [0, 0.05) is 26.3 Å². The zero-order chi connectivity index (χ0) is 17.4. The number of carbonyl (C=O) groups is 2. The van der Waals surface area contributed by atoms with E-state index in [1.54, 1.807) is 7.11 Å². The van der Waals surface area contributed by atoms with Crippen molar-refractivity contribution in [2.45, 2.75) is 19.4 Å². The van der Waals surface area contributed by atoms with Crippen molar-refractivity contribution >= 4 is 24.2 Å². The van der Waals surface area contributed by atoms with Crippen LogP contribution in [0.5, 0.6) is 5.75 Å². The Kier molecular flexibility index (Phi) is 8.68. The molecule has 7 nitrogen and oxygen atoms in total. The molecule has 1 aliphatic heterocycles. The molecule has 8 heteroatoms. The molecule has 0 bridgehead atoms. The summed E-state index contributed by atoms with van der Waals surface area (Å²) in [5, 5.41) is 5.47. The molecule has 0 radical (unpaired) electrons. The lowest BCUT2D eigenvalue weighted by Gasteiger charge is -2.34. The van der Waals surface area contributed by atoms with Crippen molar-refractivity contribution < 1.29 is 19.1 Å². The predicted octanol–water partition coefficient (Wildman–Crippen LogP) is 0.605. The van der Waals surface area contributed by atoms with Crippen molar-refractivity contribution in [1.29, 1.82) is 0 Å². The molecular formula is C17H26ClN3O4. The first kappa shape index (κ1) is 21.2. The van der Waals surface area contributed by atoms with E-state index in [9.17, 15) is 9.59 Å². The molecule has 0 unspecified atom stereocenters. The number of amides is 2. The molecule has 1 aliphatic rings. The van der Waals surface area contributed by atoms with Crippen molar-refractivity contribution in [2.75, 3.05) is 33.4 Å². The van der Waals surface area contributed by atoms with E-state index in [0.717, 1.165) is 11.3 Å². The van der Waals surface area contributed by atoms with Crippen molar-refractivity contribution in [1.82, 2.24) is 10.6 Å². The van der Waals surface area contributed by atoms with Crippen molar-refractivity contribution in [3.8, 4) is 5.75 Å². The monoisotopic (exact) mass is 371 g/mol. The van der Waals surface area contributed by atoms with Gasteiger partial charge in [-0.1, -0.05) is 12.1 Å². The summed E-state index contributed by atoms with van der Waals surface area (Å²) >= 11 is 0. The number of carbonyl (C=O) groups excluding carboxylic acids is 2. The molecule has 0 aliphatic carbocycles. The van der Waals surface area contributed by atoms with Gasteiger partial charge in [0.2, 0.25) is 11.8 Å². The molecule has 1 aromatic rings. The molecule has 1 fully saturated rings. The molecule has 1 heterocycles. The molecule has 0 saturated carbocycles. The van der Waals surface area contributed by atoms with Crippen molar-refractivity contribution in [3.05, 3.63) is 29.8 Å². The Morgan fingerprint density at radius 1 is 1.20 bits per heavy atom. The summed E-state index contributed by atoms with van der Waals surface area (Å²) < 4.78 is 10.4. The minimum absolute atomic E-state index is 0. The third-order valence-corrected chi connectivity index (χ3v) is 4.38. The lowest BCUT2D eigenvalue weighted by Crippen LogP contribution is -2.51.